The highest BCUT2D eigenvalue weighted by Crippen LogP contribution is 2.45. The standard InChI is InChI=1S/C12H23NO2/c1-8(2)9-10(14-9)11(3,4)7-12(5,6)15-13/h9-10H,1,7,13H2,2-6H3. The highest BCUT2D eigenvalue weighted by Gasteiger charge is 2.51. The van der Waals surface area contributed by atoms with Crippen LogP contribution in [0.2, 0.25) is 0 Å². The Labute approximate surface area is 92.6 Å². The predicted molar refractivity (Wildman–Crippen MR) is 61.2 cm³/mol. The molecule has 2 N–H and O–H groups in total. The molecule has 3 heteroatoms. The van der Waals surface area contributed by atoms with Crippen LogP contribution < -0.4 is 5.90 Å². The van der Waals surface area contributed by atoms with Crippen molar-refractivity contribution in [1.29, 1.82) is 0 Å². The summed E-state index contributed by atoms with van der Waals surface area (Å²) in [6.07, 6.45) is 1.34. The van der Waals surface area contributed by atoms with Crippen LogP contribution in [-0.2, 0) is 9.57 Å². The zero-order valence-electron chi connectivity index (χ0n) is 10.5. The van der Waals surface area contributed by atoms with Gasteiger partial charge in [-0.05, 0) is 38.2 Å². The van der Waals surface area contributed by atoms with E-state index in [1.807, 2.05) is 20.8 Å². The average Bonchev–Trinajstić information content (AvgIpc) is 2.80. The molecule has 0 bridgehead atoms. The predicted octanol–water partition coefficient (Wildman–Crippen LogP) is 2.42. The highest BCUT2D eigenvalue weighted by atomic mass is 16.6. The molecule has 1 fully saturated rings. The van der Waals surface area contributed by atoms with Crippen molar-refractivity contribution >= 4 is 0 Å². The number of ether oxygens (including phenoxy) is 1. The van der Waals surface area contributed by atoms with Gasteiger partial charge in [0.2, 0.25) is 0 Å². The Kier molecular flexibility index (Phi) is 3.29. The zero-order valence-corrected chi connectivity index (χ0v) is 10.5. The van der Waals surface area contributed by atoms with E-state index in [0.717, 1.165) is 12.0 Å². The van der Waals surface area contributed by atoms with Gasteiger partial charge in [0.05, 0.1) is 11.7 Å². The van der Waals surface area contributed by atoms with Crippen LogP contribution in [0.15, 0.2) is 12.2 Å². The molecule has 88 valence electrons. The average molecular weight is 213 g/mol. The van der Waals surface area contributed by atoms with Crippen molar-refractivity contribution in [2.75, 3.05) is 0 Å². The van der Waals surface area contributed by atoms with E-state index in [1.54, 1.807) is 0 Å². The summed E-state index contributed by atoms with van der Waals surface area (Å²) in [6.45, 7) is 14.3. The molecule has 1 heterocycles. The third kappa shape index (κ3) is 3.03. The summed E-state index contributed by atoms with van der Waals surface area (Å²) in [5.74, 6) is 5.27. The first-order valence-electron chi connectivity index (χ1n) is 5.38. The second-order valence-electron chi connectivity index (χ2n) is 5.87. The van der Waals surface area contributed by atoms with Gasteiger partial charge in [0.25, 0.3) is 0 Å². The summed E-state index contributed by atoms with van der Waals surface area (Å²) in [7, 11) is 0. The molecule has 2 unspecified atom stereocenters. The molecular weight excluding hydrogens is 190 g/mol. The molecule has 0 aromatic carbocycles. The molecule has 1 saturated heterocycles. The zero-order chi connectivity index (χ0) is 11.9. The minimum absolute atomic E-state index is 0.0620. The van der Waals surface area contributed by atoms with Gasteiger partial charge in [-0.15, -0.1) is 0 Å². The van der Waals surface area contributed by atoms with Gasteiger partial charge < -0.3 is 4.74 Å². The van der Waals surface area contributed by atoms with Crippen LogP contribution in [0.1, 0.15) is 41.0 Å². The molecule has 0 amide bonds. The molecule has 0 radical (unpaired) electrons. The molecule has 0 aromatic heterocycles. The maximum atomic E-state index is 5.64. The van der Waals surface area contributed by atoms with Crippen molar-refractivity contribution < 1.29 is 9.57 Å². The summed E-state index contributed by atoms with van der Waals surface area (Å²) >= 11 is 0. The lowest BCUT2D eigenvalue weighted by atomic mass is 9.77. The quantitative estimate of drug-likeness (QED) is 0.433. The maximum absolute atomic E-state index is 5.64. The molecule has 0 spiro atoms. The Bertz CT molecular complexity index is 258. The molecule has 15 heavy (non-hydrogen) atoms. The van der Waals surface area contributed by atoms with Crippen molar-refractivity contribution in [3.63, 3.8) is 0 Å². The van der Waals surface area contributed by atoms with Crippen LogP contribution in [0.3, 0.4) is 0 Å². The Morgan fingerprint density at radius 1 is 1.40 bits per heavy atom. The van der Waals surface area contributed by atoms with E-state index in [-0.39, 0.29) is 23.2 Å². The highest BCUT2D eigenvalue weighted by molar-refractivity contribution is 5.14. The van der Waals surface area contributed by atoms with E-state index in [9.17, 15) is 0 Å². The topological polar surface area (TPSA) is 47.8 Å². The molecule has 0 aliphatic carbocycles. The van der Waals surface area contributed by atoms with E-state index in [4.69, 9.17) is 15.5 Å². The first-order valence-corrected chi connectivity index (χ1v) is 5.38. The lowest BCUT2D eigenvalue weighted by Gasteiger charge is -2.32. The van der Waals surface area contributed by atoms with Gasteiger partial charge in [-0.2, -0.15) is 0 Å². The molecular formula is C12H23NO2. The number of rotatable bonds is 5. The Balaban J connectivity index is 2.58. The van der Waals surface area contributed by atoms with Crippen LogP contribution in [0, 0.1) is 5.41 Å². The van der Waals surface area contributed by atoms with Gasteiger partial charge in [-0.1, -0.05) is 20.4 Å². The van der Waals surface area contributed by atoms with Crippen molar-refractivity contribution in [3.8, 4) is 0 Å². The lowest BCUT2D eigenvalue weighted by Crippen LogP contribution is -2.37. The van der Waals surface area contributed by atoms with E-state index >= 15 is 0 Å². The van der Waals surface area contributed by atoms with Crippen LogP contribution in [0.4, 0.5) is 0 Å². The molecule has 1 rings (SSSR count). The van der Waals surface area contributed by atoms with Crippen molar-refractivity contribution in [3.05, 3.63) is 12.2 Å². The van der Waals surface area contributed by atoms with Crippen molar-refractivity contribution in [2.24, 2.45) is 11.3 Å². The Hall–Kier alpha value is -0.380. The first-order chi connectivity index (χ1) is 6.69. The Morgan fingerprint density at radius 2 is 1.93 bits per heavy atom. The first kappa shape index (κ1) is 12.7. The van der Waals surface area contributed by atoms with Gasteiger partial charge in [-0.3, -0.25) is 4.84 Å². The van der Waals surface area contributed by atoms with Crippen molar-refractivity contribution in [2.45, 2.75) is 58.8 Å². The number of nitrogens with two attached hydrogens (primary N) is 1. The molecule has 0 saturated carbocycles. The second-order valence-corrected chi connectivity index (χ2v) is 5.87. The smallest absolute Gasteiger partial charge is 0.105 e. The molecule has 0 aromatic rings. The monoisotopic (exact) mass is 213 g/mol. The third-order valence-corrected chi connectivity index (χ3v) is 2.95. The number of hydrogen-bond donors (Lipinski definition) is 1. The fourth-order valence-electron chi connectivity index (χ4n) is 2.32. The van der Waals surface area contributed by atoms with Gasteiger partial charge in [-0.25, -0.2) is 5.90 Å². The van der Waals surface area contributed by atoms with Crippen LogP contribution >= 0.6 is 0 Å². The number of hydrogen-bond acceptors (Lipinski definition) is 3. The molecule has 1 aliphatic heterocycles. The van der Waals surface area contributed by atoms with E-state index in [2.05, 4.69) is 20.4 Å². The summed E-state index contributed by atoms with van der Waals surface area (Å²) in [5, 5.41) is 0. The summed E-state index contributed by atoms with van der Waals surface area (Å²) in [4.78, 5) is 4.97. The fourth-order valence-corrected chi connectivity index (χ4v) is 2.32. The summed E-state index contributed by atoms with van der Waals surface area (Å²) < 4.78 is 5.64. The Morgan fingerprint density at radius 3 is 2.27 bits per heavy atom. The second kappa shape index (κ2) is 3.89. The van der Waals surface area contributed by atoms with Gasteiger partial charge in [0.15, 0.2) is 0 Å². The van der Waals surface area contributed by atoms with Gasteiger partial charge >= 0.3 is 0 Å². The largest absolute Gasteiger partial charge is 0.364 e. The van der Waals surface area contributed by atoms with Crippen LogP contribution in [0.5, 0.6) is 0 Å². The van der Waals surface area contributed by atoms with Gasteiger partial charge in [0, 0.05) is 0 Å². The van der Waals surface area contributed by atoms with Crippen LogP contribution in [0.25, 0.3) is 0 Å². The molecule has 2 atom stereocenters. The summed E-state index contributed by atoms with van der Waals surface area (Å²) in [6, 6.07) is 0. The minimum Gasteiger partial charge on any atom is -0.364 e. The molecule has 3 nitrogen and oxygen atoms in total. The summed E-state index contributed by atoms with van der Waals surface area (Å²) in [5.41, 5.74) is 0.848. The van der Waals surface area contributed by atoms with Gasteiger partial charge in [0.1, 0.15) is 6.10 Å². The van der Waals surface area contributed by atoms with Crippen LogP contribution in [-0.4, -0.2) is 17.8 Å². The fraction of sp³-hybridized carbons (Fsp3) is 0.833. The van der Waals surface area contributed by atoms with E-state index in [1.165, 1.54) is 0 Å². The molecule has 1 aliphatic rings. The SMILES string of the molecule is C=C(C)C1OC1C(C)(C)CC(C)(C)ON. The number of epoxide rings is 1. The minimum atomic E-state index is -0.310. The lowest BCUT2D eigenvalue weighted by molar-refractivity contribution is -0.0520. The third-order valence-electron chi connectivity index (χ3n) is 2.95. The van der Waals surface area contributed by atoms with Crippen molar-refractivity contribution in [1.82, 2.24) is 0 Å². The normalized spacial score (nSPS) is 26.5. The van der Waals surface area contributed by atoms with E-state index in [0.29, 0.717) is 0 Å². The van der Waals surface area contributed by atoms with E-state index < -0.39 is 0 Å². The maximum Gasteiger partial charge on any atom is 0.105 e.